The molecular formula is C15H13Cl2NO2. The molecule has 0 fully saturated rings. The van der Waals surface area contributed by atoms with Crippen LogP contribution in [-0.2, 0) is 11.2 Å². The number of nitrogens with one attached hydrogen (secondary N) is 1. The van der Waals surface area contributed by atoms with E-state index in [4.69, 9.17) is 27.9 Å². The highest BCUT2D eigenvalue weighted by Crippen LogP contribution is 2.29. The van der Waals surface area contributed by atoms with E-state index in [0.29, 0.717) is 22.2 Å². The summed E-state index contributed by atoms with van der Waals surface area (Å²) in [5.74, 6) is 0. The van der Waals surface area contributed by atoms with Crippen molar-refractivity contribution in [3.8, 4) is 0 Å². The minimum absolute atomic E-state index is 0.290. The molecule has 1 N–H and O–H groups in total. The van der Waals surface area contributed by atoms with Crippen LogP contribution in [0.15, 0.2) is 48.5 Å². The Balaban J connectivity index is 1.84. The van der Waals surface area contributed by atoms with Crippen LogP contribution in [0.1, 0.15) is 5.56 Å². The summed E-state index contributed by atoms with van der Waals surface area (Å²) in [6, 6.07) is 14.8. The number of ether oxygens (including phenoxy) is 1. The van der Waals surface area contributed by atoms with Crippen molar-refractivity contribution in [1.82, 2.24) is 0 Å². The zero-order chi connectivity index (χ0) is 14.4. The maximum Gasteiger partial charge on any atom is 0.411 e. The second-order valence-electron chi connectivity index (χ2n) is 4.09. The molecule has 0 aliphatic carbocycles. The van der Waals surface area contributed by atoms with Crippen molar-refractivity contribution in [3.05, 3.63) is 64.1 Å². The Bertz CT molecular complexity index is 567. The fourth-order valence-corrected chi connectivity index (χ4v) is 2.15. The van der Waals surface area contributed by atoms with Crippen LogP contribution >= 0.6 is 23.2 Å². The van der Waals surface area contributed by atoms with Crippen LogP contribution < -0.4 is 5.32 Å². The van der Waals surface area contributed by atoms with Crippen LogP contribution in [0, 0.1) is 0 Å². The summed E-state index contributed by atoms with van der Waals surface area (Å²) in [6.07, 6.45) is 0.0840. The lowest BCUT2D eigenvalue weighted by Crippen LogP contribution is -2.15. The van der Waals surface area contributed by atoms with Gasteiger partial charge in [0.2, 0.25) is 0 Å². The Morgan fingerprint density at radius 1 is 1.00 bits per heavy atom. The highest BCUT2D eigenvalue weighted by Gasteiger charge is 2.10. The molecule has 0 aliphatic heterocycles. The van der Waals surface area contributed by atoms with Gasteiger partial charge < -0.3 is 4.74 Å². The van der Waals surface area contributed by atoms with Gasteiger partial charge in [0.15, 0.2) is 0 Å². The highest BCUT2D eigenvalue weighted by molar-refractivity contribution is 6.39. The molecule has 2 aromatic carbocycles. The average Bonchev–Trinajstić information content (AvgIpc) is 2.44. The summed E-state index contributed by atoms with van der Waals surface area (Å²) in [6.45, 7) is 0.290. The minimum Gasteiger partial charge on any atom is -0.449 e. The summed E-state index contributed by atoms with van der Waals surface area (Å²) < 4.78 is 5.09. The van der Waals surface area contributed by atoms with Crippen molar-refractivity contribution in [2.24, 2.45) is 0 Å². The lowest BCUT2D eigenvalue weighted by molar-refractivity contribution is 0.163. The molecule has 104 valence electrons. The molecule has 0 spiro atoms. The van der Waals surface area contributed by atoms with Gasteiger partial charge >= 0.3 is 6.09 Å². The van der Waals surface area contributed by atoms with Crippen molar-refractivity contribution in [3.63, 3.8) is 0 Å². The maximum absolute atomic E-state index is 11.7. The number of rotatable bonds is 4. The zero-order valence-electron chi connectivity index (χ0n) is 10.6. The quantitative estimate of drug-likeness (QED) is 0.882. The number of benzene rings is 2. The standard InChI is InChI=1S/C15H13Cl2NO2/c16-12-7-4-8-13(17)14(12)18-15(19)20-10-9-11-5-2-1-3-6-11/h1-8H,9-10H2,(H,18,19). The Morgan fingerprint density at radius 2 is 1.65 bits per heavy atom. The van der Waals surface area contributed by atoms with E-state index in [2.05, 4.69) is 5.32 Å². The number of anilines is 1. The summed E-state index contributed by atoms with van der Waals surface area (Å²) in [4.78, 5) is 11.7. The van der Waals surface area contributed by atoms with Gasteiger partial charge in [-0.15, -0.1) is 0 Å². The summed E-state index contributed by atoms with van der Waals surface area (Å²) in [5, 5.41) is 3.29. The molecule has 0 unspecified atom stereocenters. The highest BCUT2D eigenvalue weighted by atomic mass is 35.5. The van der Waals surface area contributed by atoms with Crippen LogP contribution in [0.4, 0.5) is 10.5 Å². The van der Waals surface area contributed by atoms with Crippen LogP contribution in [-0.4, -0.2) is 12.7 Å². The summed E-state index contributed by atoms with van der Waals surface area (Å²) in [7, 11) is 0. The van der Waals surface area contributed by atoms with Crippen molar-refractivity contribution >= 4 is 35.0 Å². The maximum atomic E-state index is 11.7. The van der Waals surface area contributed by atoms with Crippen molar-refractivity contribution in [2.45, 2.75) is 6.42 Å². The Labute approximate surface area is 127 Å². The molecule has 5 heteroatoms. The Kier molecular flexibility index (Phi) is 5.27. The zero-order valence-corrected chi connectivity index (χ0v) is 12.1. The van der Waals surface area contributed by atoms with Gasteiger partial charge in [0.1, 0.15) is 0 Å². The Hall–Kier alpha value is -1.71. The van der Waals surface area contributed by atoms with Gasteiger partial charge in [-0.1, -0.05) is 59.6 Å². The lowest BCUT2D eigenvalue weighted by Gasteiger charge is -2.09. The van der Waals surface area contributed by atoms with E-state index in [0.717, 1.165) is 5.56 Å². The van der Waals surface area contributed by atoms with Crippen LogP contribution in [0.3, 0.4) is 0 Å². The third-order valence-corrected chi connectivity index (χ3v) is 3.29. The molecule has 0 radical (unpaired) electrons. The molecular weight excluding hydrogens is 297 g/mol. The second kappa shape index (κ2) is 7.17. The van der Waals surface area contributed by atoms with E-state index in [9.17, 15) is 4.79 Å². The molecule has 0 saturated heterocycles. The summed E-state index contributed by atoms with van der Waals surface area (Å²) >= 11 is 11.9. The van der Waals surface area contributed by atoms with Crippen molar-refractivity contribution < 1.29 is 9.53 Å². The predicted octanol–water partition coefficient (Wildman–Crippen LogP) is 4.78. The lowest BCUT2D eigenvalue weighted by atomic mass is 10.2. The number of carbonyl (C=O) groups is 1. The average molecular weight is 310 g/mol. The number of para-hydroxylation sites is 1. The topological polar surface area (TPSA) is 38.3 Å². The van der Waals surface area contributed by atoms with E-state index >= 15 is 0 Å². The minimum atomic E-state index is -0.573. The molecule has 0 heterocycles. The third kappa shape index (κ3) is 4.15. The van der Waals surface area contributed by atoms with Gasteiger partial charge in [-0.2, -0.15) is 0 Å². The number of hydrogen-bond acceptors (Lipinski definition) is 2. The largest absolute Gasteiger partial charge is 0.449 e. The van der Waals surface area contributed by atoms with Gasteiger partial charge in [0.05, 0.1) is 22.3 Å². The first kappa shape index (κ1) is 14.7. The number of halogens is 2. The van der Waals surface area contributed by atoms with Crippen molar-refractivity contribution in [1.29, 1.82) is 0 Å². The van der Waals surface area contributed by atoms with Crippen molar-refractivity contribution in [2.75, 3.05) is 11.9 Å². The van der Waals surface area contributed by atoms with Gasteiger partial charge in [-0.3, -0.25) is 5.32 Å². The first-order valence-electron chi connectivity index (χ1n) is 6.08. The molecule has 0 atom stereocenters. The first-order chi connectivity index (χ1) is 9.66. The van der Waals surface area contributed by atoms with Crippen LogP contribution in [0.5, 0.6) is 0 Å². The van der Waals surface area contributed by atoms with Gasteiger partial charge in [0, 0.05) is 6.42 Å². The third-order valence-electron chi connectivity index (χ3n) is 2.66. The van der Waals surface area contributed by atoms with Gasteiger partial charge in [-0.25, -0.2) is 4.79 Å². The van der Waals surface area contributed by atoms with E-state index < -0.39 is 6.09 Å². The number of hydrogen-bond donors (Lipinski definition) is 1. The predicted molar refractivity (Wildman–Crippen MR) is 81.6 cm³/mol. The van der Waals surface area contributed by atoms with Crippen LogP contribution in [0.25, 0.3) is 0 Å². The number of amides is 1. The molecule has 3 nitrogen and oxygen atoms in total. The van der Waals surface area contributed by atoms with E-state index in [1.54, 1.807) is 18.2 Å². The fourth-order valence-electron chi connectivity index (χ4n) is 1.66. The molecule has 0 aromatic heterocycles. The SMILES string of the molecule is O=C(Nc1c(Cl)cccc1Cl)OCCc1ccccc1. The van der Waals surface area contributed by atoms with E-state index in [-0.39, 0.29) is 6.61 Å². The normalized spacial score (nSPS) is 10.1. The molecule has 0 aliphatic rings. The molecule has 20 heavy (non-hydrogen) atoms. The molecule has 0 bridgehead atoms. The van der Waals surface area contributed by atoms with E-state index in [1.807, 2.05) is 30.3 Å². The molecule has 2 rings (SSSR count). The first-order valence-corrected chi connectivity index (χ1v) is 6.84. The summed E-state index contributed by atoms with van der Waals surface area (Å²) in [5.41, 5.74) is 1.47. The van der Waals surface area contributed by atoms with Gasteiger partial charge in [0.25, 0.3) is 0 Å². The smallest absolute Gasteiger partial charge is 0.411 e. The monoisotopic (exact) mass is 309 g/mol. The molecule has 0 saturated carbocycles. The van der Waals surface area contributed by atoms with Crippen LogP contribution in [0.2, 0.25) is 10.0 Å². The van der Waals surface area contributed by atoms with Gasteiger partial charge in [-0.05, 0) is 17.7 Å². The van der Waals surface area contributed by atoms with E-state index in [1.165, 1.54) is 0 Å². The fraction of sp³-hybridized carbons (Fsp3) is 0.133. The molecule has 2 aromatic rings. The molecule has 1 amide bonds. The number of carbonyl (C=O) groups excluding carboxylic acids is 1. The Morgan fingerprint density at radius 3 is 2.30 bits per heavy atom. The second-order valence-corrected chi connectivity index (χ2v) is 4.91.